The fourth-order valence-corrected chi connectivity index (χ4v) is 4.89. The molecule has 1 aromatic heterocycles. The molecule has 2 N–H and O–H groups in total. The standard InChI is InChI=1S/C30H23ClF6N4O2/c31-23-6-9-25(29(32,33)34)22(13-23)17-41-11-10-38-27-26(41)14-21(16-39-27)19-2-1-3-20(12-19)28(42)40-15-18-4-7-24(8-5-18)43-30(35,36)37/h1-9,12-14,16H,10-11,15,17H2,(H,38,39)(H,40,42). The van der Waals surface area contributed by atoms with Gasteiger partial charge in [0.15, 0.2) is 0 Å². The lowest BCUT2D eigenvalue weighted by Crippen LogP contribution is -2.34. The van der Waals surface area contributed by atoms with E-state index in [0.29, 0.717) is 46.8 Å². The van der Waals surface area contributed by atoms with Gasteiger partial charge in [-0.05, 0) is 65.2 Å². The van der Waals surface area contributed by atoms with Crippen LogP contribution in [0.4, 0.5) is 37.8 Å². The summed E-state index contributed by atoms with van der Waals surface area (Å²) in [6, 6.07) is 17.2. The molecule has 1 amide bonds. The minimum Gasteiger partial charge on any atom is -0.406 e. The number of benzene rings is 3. The van der Waals surface area contributed by atoms with E-state index in [4.69, 9.17) is 11.6 Å². The van der Waals surface area contributed by atoms with E-state index in [1.165, 1.54) is 24.3 Å². The molecule has 0 atom stereocenters. The van der Waals surface area contributed by atoms with Crippen molar-refractivity contribution in [3.63, 3.8) is 0 Å². The number of halogens is 7. The summed E-state index contributed by atoms with van der Waals surface area (Å²) in [5.74, 6) is -0.255. The normalized spacial score (nSPS) is 13.2. The average molecular weight is 621 g/mol. The highest BCUT2D eigenvalue weighted by molar-refractivity contribution is 6.30. The molecule has 224 valence electrons. The number of nitrogens with zero attached hydrogens (tertiary/aromatic N) is 2. The summed E-state index contributed by atoms with van der Waals surface area (Å²) >= 11 is 6.03. The molecule has 13 heteroatoms. The maximum Gasteiger partial charge on any atom is 0.573 e. The van der Waals surface area contributed by atoms with Gasteiger partial charge in [-0.15, -0.1) is 13.2 Å². The Kier molecular flexibility index (Phi) is 8.41. The fraction of sp³-hybridized carbons (Fsp3) is 0.200. The summed E-state index contributed by atoms with van der Waals surface area (Å²) in [7, 11) is 0. The maximum atomic E-state index is 13.7. The highest BCUT2D eigenvalue weighted by Crippen LogP contribution is 2.37. The van der Waals surface area contributed by atoms with Crippen molar-refractivity contribution in [2.75, 3.05) is 23.3 Å². The lowest BCUT2D eigenvalue weighted by molar-refractivity contribution is -0.274. The number of hydrogen-bond acceptors (Lipinski definition) is 5. The highest BCUT2D eigenvalue weighted by Gasteiger charge is 2.34. The van der Waals surface area contributed by atoms with Gasteiger partial charge in [-0.3, -0.25) is 4.79 Å². The number of pyridine rings is 1. The van der Waals surface area contributed by atoms with Crippen LogP contribution in [0.25, 0.3) is 11.1 Å². The van der Waals surface area contributed by atoms with Gasteiger partial charge in [0, 0.05) is 48.5 Å². The molecular weight excluding hydrogens is 598 g/mol. The molecule has 43 heavy (non-hydrogen) atoms. The van der Waals surface area contributed by atoms with Crippen molar-refractivity contribution in [2.24, 2.45) is 0 Å². The van der Waals surface area contributed by atoms with Gasteiger partial charge in [-0.1, -0.05) is 35.9 Å². The molecule has 0 spiro atoms. The van der Waals surface area contributed by atoms with Crippen molar-refractivity contribution in [3.8, 4) is 16.9 Å². The molecule has 0 saturated carbocycles. The number of anilines is 2. The first kappa shape index (κ1) is 30.0. The minimum absolute atomic E-state index is 0.0407. The Hall–Kier alpha value is -4.45. The van der Waals surface area contributed by atoms with Crippen LogP contribution in [-0.2, 0) is 19.3 Å². The number of hydrogen-bond donors (Lipinski definition) is 2. The van der Waals surface area contributed by atoms with Crippen LogP contribution in [-0.4, -0.2) is 30.3 Å². The van der Waals surface area contributed by atoms with Crippen LogP contribution in [0.1, 0.15) is 27.0 Å². The predicted octanol–water partition coefficient (Wildman–Crippen LogP) is 7.68. The van der Waals surface area contributed by atoms with Crippen molar-refractivity contribution in [2.45, 2.75) is 25.6 Å². The second-order valence-electron chi connectivity index (χ2n) is 9.69. The second-order valence-corrected chi connectivity index (χ2v) is 10.1. The number of fused-ring (bicyclic) bond motifs is 1. The highest BCUT2D eigenvalue weighted by atomic mass is 35.5. The number of amides is 1. The van der Waals surface area contributed by atoms with Gasteiger partial charge >= 0.3 is 12.5 Å². The third-order valence-corrected chi connectivity index (χ3v) is 6.92. The molecule has 5 rings (SSSR count). The zero-order valence-electron chi connectivity index (χ0n) is 22.2. The Morgan fingerprint density at radius 2 is 1.74 bits per heavy atom. The molecule has 0 bridgehead atoms. The smallest absolute Gasteiger partial charge is 0.406 e. The third kappa shape index (κ3) is 7.50. The summed E-state index contributed by atoms with van der Waals surface area (Å²) in [6.07, 6.45) is -7.73. The average Bonchev–Trinajstić information content (AvgIpc) is 2.95. The van der Waals surface area contributed by atoms with Crippen LogP contribution in [0.15, 0.2) is 79.0 Å². The van der Waals surface area contributed by atoms with E-state index in [2.05, 4.69) is 20.4 Å². The monoisotopic (exact) mass is 620 g/mol. The molecule has 2 heterocycles. The van der Waals surface area contributed by atoms with E-state index >= 15 is 0 Å². The molecule has 1 aliphatic rings. The quantitative estimate of drug-likeness (QED) is 0.208. The van der Waals surface area contributed by atoms with Crippen LogP contribution in [0, 0.1) is 0 Å². The molecule has 0 fully saturated rings. The summed E-state index contributed by atoms with van der Waals surface area (Å²) in [5, 5.41) is 6.09. The lowest BCUT2D eigenvalue weighted by atomic mass is 10.0. The zero-order chi connectivity index (χ0) is 30.8. The van der Waals surface area contributed by atoms with Gasteiger partial charge in [-0.2, -0.15) is 13.2 Å². The summed E-state index contributed by atoms with van der Waals surface area (Å²) in [6.45, 7) is 0.934. The first-order valence-electron chi connectivity index (χ1n) is 12.9. The summed E-state index contributed by atoms with van der Waals surface area (Å²) in [5.41, 5.74) is 2.08. The summed E-state index contributed by atoms with van der Waals surface area (Å²) < 4.78 is 82.0. The first-order valence-corrected chi connectivity index (χ1v) is 13.3. The number of aromatic nitrogens is 1. The Bertz CT molecular complexity index is 1630. The fourth-order valence-electron chi connectivity index (χ4n) is 4.69. The molecule has 0 unspecified atom stereocenters. The van der Waals surface area contributed by atoms with E-state index < -0.39 is 24.0 Å². The van der Waals surface area contributed by atoms with E-state index in [1.54, 1.807) is 41.4 Å². The molecular formula is C30H23ClF6N4O2. The molecule has 0 radical (unpaired) electrons. The van der Waals surface area contributed by atoms with Crippen molar-refractivity contribution >= 4 is 29.0 Å². The van der Waals surface area contributed by atoms with E-state index in [0.717, 1.165) is 18.2 Å². The van der Waals surface area contributed by atoms with Crippen LogP contribution < -0.4 is 20.3 Å². The van der Waals surface area contributed by atoms with Crippen molar-refractivity contribution in [1.82, 2.24) is 10.3 Å². The SMILES string of the molecule is O=C(NCc1ccc(OC(F)(F)F)cc1)c1cccc(-c2cnc3c(c2)N(Cc2cc(Cl)ccc2C(F)(F)F)CCN3)c1. The van der Waals surface area contributed by atoms with E-state index in [1.807, 2.05) is 0 Å². The second kappa shape index (κ2) is 12.0. The zero-order valence-corrected chi connectivity index (χ0v) is 22.9. The van der Waals surface area contributed by atoms with Crippen LogP contribution in [0.3, 0.4) is 0 Å². The number of carbonyl (C=O) groups excluding carboxylic acids is 1. The largest absolute Gasteiger partial charge is 0.573 e. The Labute approximate surface area is 247 Å². The Morgan fingerprint density at radius 1 is 0.977 bits per heavy atom. The number of rotatable bonds is 7. The minimum atomic E-state index is -4.80. The van der Waals surface area contributed by atoms with Crippen LogP contribution in [0.2, 0.25) is 5.02 Å². The number of alkyl halides is 6. The van der Waals surface area contributed by atoms with Crippen molar-refractivity contribution in [3.05, 3.63) is 106 Å². The van der Waals surface area contributed by atoms with Gasteiger partial charge in [0.05, 0.1) is 11.3 Å². The molecule has 3 aromatic carbocycles. The Morgan fingerprint density at radius 3 is 2.47 bits per heavy atom. The molecule has 0 saturated heterocycles. The van der Waals surface area contributed by atoms with E-state index in [-0.39, 0.29) is 29.4 Å². The molecule has 6 nitrogen and oxygen atoms in total. The van der Waals surface area contributed by atoms with Gasteiger partial charge < -0.3 is 20.3 Å². The van der Waals surface area contributed by atoms with Crippen molar-refractivity contribution in [1.29, 1.82) is 0 Å². The maximum absolute atomic E-state index is 13.7. The lowest BCUT2D eigenvalue weighted by Gasteiger charge is -2.32. The van der Waals surface area contributed by atoms with Gasteiger partial charge in [0.25, 0.3) is 5.91 Å². The van der Waals surface area contributed by atoms with Gasteiger partial charge in [-0.25, -0.2) is 4.98 Å². The number of carbonyl (C=O) groups is 1. The topological polar surface area (TPSA) is 66.5 Å². The number of ether oxygens (including phenoxy) is 1. The van der Waals surface area contributed by atoms with Crippen LogP contribution in [0.5, 0.6) is 5.75 Å². The molecule has 0 aliphatic carbocycles. The van der Waals surface area contributed by atoms with Crippen LogP contribution >= 0.6 is 11.6 Å². The van der Waals surface area contributed by atoms with Crippen molar-refractivity contribution < 1.29 is 35.9 Å². The summed E-state index contributed by atoms with van der Waals surface area (Å²) in [4.78, 5) is 19.1. The molecule has 4 aromatic rings. The van der Waals surface area contributed by atoms with E-state index in [9.17, 15) is 31.1 Å². The third-order valence-electron chi connectivity index (χ3n) is 6.68. The first-order chi connectivity index (χ1) is 20.4. The predicted molar refractivity (Wildman–Crippen MR) is 150 cm³/mol. The molecule has 1 aliphatic heterocycles. The van der Waals surface area contributed by atoms with Gasteiger partial charge in [0.1, 0.15) is 11.6 Å². The van der Waals surface area contributed by atoms with Gasteiger partial charge in [0.2, 0.25) is 0 Å². The number of nitrogens with one attached hydrogen (secondary N) is 2. The Balaban J connectivity index is 1.32.